The molecule has 0 aromatic heterocycles. The molecule has 1 N–H and O–H groups in total. The summed E-state index contributed by atoms with van der Waals surface area (Å²) in [5.74, 6) is -2.46. The Morgan fingerprint density at radius 3 is 2.22 bits per heavy atom. The molecule has 0 radical (unpaired) electrons. The highest BCUT2D eigenvalue weighted by Crippen LogP contribution is 2.26. The van der Waals surface area contributed by atoms with Crippen LogP contribution >= 0.6 is 12.4 Å². The van der Waals surface area contributed by atoms with E-state index in [4.69, 9.17) is 0 Å². The van der Waals surface area contributed by atoms with Crippen LogP contribution in [0.3, 0.4) is 0 Å². The number of rotatable bonds is 0. The Morgan fingerprint density at radius 2 is 2.11 bits per heavy atom. The van der Waals surface area contributed by atoms with Crippen LogP contribution in [0.5, 0.6) is 0 Å². The lowest BCUT2D eigenvalue weighted by atomic mass is 10.2. The van der Waals surface area contributed by atoms with Crippen LogP contribution in [-0.2, 0) is 0 Å². The minimum absolute atomic E-state index is 0. The molecule has 0 spiro atoms. The zero-order valence-corrected chi connectivity index (χ0v) is 5.97. The normalized spacial score (nSPS) is 31.7. The maximum Gasteiger partial charge on any atom is 0.264 e. The van der Waals surface area contributed by atoms with Gasteiger partial charge in [-0.1, -0.05) is 0 Å². The van der Waals surface area contributed by atoms with Gasteiger partial charge in [0.1, 0.15) is 0 Å². The van der Waals surface area contributed by atoms with E-state index in [0.717, 1.165) is 0 Å². The van der Waals surface area contributed by atoms with Gasteiger partial charge >= 0.3 is 0 Å². The minimum atomic E-state index is -2.46. The fourth-order valence-corrected chi connectivity index (χ4v) is 0.821. The summed E-state index contributed by atoms with van der Waals surface area (Å²) in [7, 11) is 0. The van der Waals surface area contributed by atoms with E-state index in [9.17, 15) is 8.78 Å². The molecule has 1 atom stereocenters. The van der Waals surface area contributed by atoms with Crippen molar-refractivity contribution in [3.05, 3.63) is 0 Å². The van der Waals surface area contributed by atoms with Crippen LogP contribution < -0.4 is 5.32 Å². The SMILES string of the molecule is CC1NCCC1(F)F.Cl. The predicted octanol–water partition coefficient (Wildman–Crippen LogP) is 1.43. The molecule has 1 fully saturated rings. The second kappa shape index (κ2) is 2.80. The van der Waals surface area contributed by atoms with Gasteiger partial charge in [-0.05, 0) is 6.92 Å². The van der Waals surface area contributed by atoms with Crippen molar-refractivity contribution in [1.82, 2.24) is 5.32 Å². The lowest BCUT2D eigenvalue weighted by Crippen LogP contribution is -2.31. The molecule has 0 saturated carbocycles. The van der Waals surface area contributed by atoms with Gasteiger partial charge in [0, 0.05) is 13.0 Å². The molecule has 1 heterocycles. The predicted molar refractivity (Wildman–Crippen MR) is 34.3 cm³/mol. The molecule has 4 heteroatoms. The standard InChI is InChI=1S/C5H9F2N.ClH/c1-4-5(6,7)2-3-8-4;/h4,8H,2-3H2,1H3;1H. The topological polar surface area (TPSA) is 12.0 Å². The average Bonchev–Trinajstić information content (AvgIpc) is 1.86. The number of halogens is 3. The summed E-state index contributed by atoms with van der Waals surface area (Å²) in [6.45, 7) is 1.96. The summed E-state index contributed by atoms with van der Waals surface area (Å²) in [5, 5.41) is 2.66. The van der Waals surface area contributed by atoms with E-state index in [2.05, 4.69) is 5.32 Å². The molecule has 1 aliphatic heterocycles. The van der Waals surface area contributed by atoms with Crippen LogP contribution in [0.15, 0.2) is 0 Å². The van der Waals surface area contributed by atoms with Crippen molar-refractivity contribution in [2.45, 2.75) is 25.3 Å². The van der Waals surface area contributed by atoms with Gasteiger partial charge in [0.2, 0.25) is 0 Å². The van der Waals surface area contributed by atoms with E-state index < -0.39 is 12.0 Å². The van der Waals surface area contributed by atoms with E-state index in [1.54, 1.807) is 0 Å². The van der Waals surface area contributed by atoms with Gasteiger partial charge in [0.05, 0.1) is 6.04 Å². The first-order chi connectivity index (χ1) is 3.63. The molecule has 1 unspecified atom stereocenters. The van der Waals surface area contributed by atoms with Crippen molar-refractivity contribution in [2.24, 2.45) is 0 Å². The Bertz CT molecular complexity index is 97.0. The maximum absolute atomic E-state index is 12.3. The summed E-state index contributed by atoms with van der Waals surface area (Å²) >= 11 is 0. The van der Waals surface area contributed by atoms with Crippen molar-refractivity contribution < 1.29 is 8.78 Å². The molecule has 0 aromatic rings. The van der Waals surface area contributed by atoms with Crippen LogP contribution in [0.1, 0.15) is 13.3 Å². The maximum atomic E-state index is 12.3. The van der Waals surface area contributed by atoms with Crippen LogP contribution in [0.2, 0.25) is 0 Å². The largest absolute Gasteiger partial charge is 0.309 e. The Balaban J connectivity index is 0.000000640. The van der Waals surface area contributed by atoms with Gasteiger partial charge in [0.15, 0.2) is 0 Å². The Hall–Kier alpha value is 0.110. The van der Waals surface area contributed by atoms with Gasteiger partial charge in [0.25, 0.3) is 5.92 Å². The van der Waals surface area contributed by atoms with Crippen molar-refractivity contribution >= 4 is 12.4 Å². The van der Waals surface area contributed by atoms with Crippen molar-refractivity contribution in [2.75, 3.05) is 6.54 Å². The smallest absolute Gasteiger partial charge is 0.264 e. The third-order valence-electron chi connectivity index (χ3n) is 1.54. The Labute approximate surface area is 59.2 Å². The van der Waals surface area contributed by atoms with Crippen LogP contribution in [0.25, 0.3) is 0 Å². The molecule has 1 nitrogen and oxygen atoms in total. The second-order valence-corrected chi connectivity index (χ2v) is 2.19. The first-order valence-electron chi connectivity index (χ1n) is 2.74. The van der Waals surface area contributed by atoms with E-state index >= 15 is 0 Å². The highest BCUT2D eigenvalue weighted by atomic mass is 35.5. The van der Waals surface area contributed by atoms with Crippen molar-refractivity contribution in [1.29, 1.82) is 0 Å². The summed E-state index contributed by atoms with van der Waals surface area (Å²) < 4.78 is 24.6. The molecule has 56 valence electrons. The summed E-state index contributed by atoms with van der Waals surface area (Å²) in [4.78, 5) is 0. The highest BCUT2D eigenvalue weighted by molar-refractivity contribution is 5.85. The van der Waals surface area contributed by atoms with E-state index in [1.165, 1.54) is 6.92 Å². The van der Waals surface area contributed by atoms with Crippen LogP contribution in [0.4, 0.5) is 8.78 Å². The quantitative estimate of drug-likeness (QED) is 0.561. The van der Waals surface area contributed by atoms with E-state index in [1.807, 2.05) is 0 Å². The molecule has 1 saturated heterocycles. The van der Waals surface area contributed by atoms with Gasteiger partial charge in [-0.2, -0.15) is 0 Å². The second-order valence-electron chi connectivity index (χ2n) is 2.19. The number of hydrogen-bond donors (Lipinski definition) is 1. The molecular formula is C5H10ClF2N. The van der Waals surface area contributed by atoms with Crippen LogP contribution in [0, 0.1) is 0 Å². The molecular weight excluding hydrogens is 148 g/mol. The monoisotopic (exact) mass is 157 g/mol. The Kier molecular flexibility index (Phi) is 2.83. The molecule has 0 aliphatic carbocycles. The van der Waals surface area contributed by atoms with Gasteiger partial charge < -0.3 is 5.32 Å². The van der Waals surface area contributed by atoms with Crippen molar-refractivity contribution in [3.63, 3.8) is 0 Å². The van der Waals surface area contributed by atoms with E-state index in [0.29, 0.717) is 6.54 Å². The third-order valence-corrected chi connectivity index (χ3v) is 1.54. The summed E-state index contributed by atoms with van der Waals surface area (Å²) in [6, 6.07) is -0.623. The van der Waals surface area contributed by atoms with E-state index in [-0.39, 0.29) is 18.8 Å². The fourth-order valence-electron chi connectivity index (χ4n) is 0.821. The van der Waals surface area contributed by atoms with Crippen LogP contribution in [-0.4, -0.2) is 18.5 Å². The molecule has 0 bridgehead atoms. The van der Waals surface area contributed by atoms with Gasteiger partial charge in [-0.15, -0.1) is 12.4 Å². The molecule has 1 aliphatic rings. The zero-order chi connectivity index (χ0) is 6.20. The molecule has 1 rings (SSSR count). The summed E-state index contributed by atoms with van der Waals surface area (Å²) in [5.41, 5.74) is 0. The first kappa shape index (κ1) is 9.11. The first-order valence-corrected chi connectivity index (χ1v) is 2.74. The lowest BCUT2D eigenvalue weighted by molar-refractivity contribution is -0.00534. The number of alkyl halides is 2. The highest BCUT2D eigenvalue weighted by Gasteiger charge is 2.40. The molecule has 9 heavy (non-hydrogen) atoms. The zero-order valence-electron chi connectivity index (χ0n) is 5.16. The Morgan fingerprint density at radius 1 is 1.56 bits per heavy atom. The number of hydrogen-bond acceptors (Lipinski definition) is 1. The fraction of sp³-hybridized carbons (Fsp3) is 1.00. The van der Waals surface area contributed by atoms with Gasteiger partial charge in [-0.3, -0.25) is 0 Å². The lowest BCUT2D eigenvalue weighted by Gasteiger charge is -2.12. The molecule has 0 aromatic carbocycles. The summed E-state index contributed by atoms with van der Waals surface area (Å²) in [6.07, 6.45) is -0.00579. The third kappa shape index (κ3) is 1.76. The average molecular weight is 158 g/mol. The van der Waals surface area contributed by atoms with Crippen molar-refractivity contribution in [3.8, 4) is 0 Å². The number of nitrogens with one attached hydrogen (secondary N) is 1. The minimum Gasteiger partial charge on any atom is -0.309 e. The molecule has 0 amide bonds. The van der Waals surface area contributed by atoms with Gasteiger partial charge in [-0.25, -0.2) is 8.78 Å².